The van der Waals surface area contributed by atoms with Crippen LogP contribution in [0.25, 0.3) is 0 Å². The monoisotopic (exact) mass is 531 g/mol. The fraction of sp³-hybridized carbons (Fsp3) is 0.733. The number of amides is 2. The highest BCUT2D eigenvalue weighted by Gasteiger charge is 2.45. The molecule has 3 fully saturated rings. The molecule has 3 saturated heterocycles. The fourth-order valence-electron chi connectivity index (χ4n) is 6.37. The minimum Gasteiger partial charge on any atom is -0.446 e. The van der Waals surface area contributed by atoms with Crippen molar-refractivity contribution in [2.75, 3.05) is 6.61 Å². The van der Waals surface area contributed by atoms with Crippen LogP contribution in [0.5, 0.6) is 0 Å². The van der Waals surface area contributed by atoms with Gasteiger partial charge >= 0.3 is 6.09 Å². The lowest BCUT2D eigenvalue weighted by molar-refractivity contribution is -0.139. The molecular weight excluding hydrogens is 486 g/mol. The summed E-state index contributed by atoms with van der Waals surface area (Å²) in [6.45, 7) is 8.05. The second-order valence-electron chi connectivity index (χ2n) is 11.6. The van der Waals surface area contributed by atoms with Gasteiger partial charge in [0.15, 0.2) is 0 Å². The summed E-state index contributed by atoms with van der Waals surface area (Å²) in [7, 11) is 0. The average molecular weight is 532 g/mol. The summed E-state index contributed by atoms with van der Waals surface area (Å²) in [6, 6.07) is 9.02. The predicted octanol–water partition coefficient (Wildman–Crippen LogP) is 4.62. The molecule has 2 amide bonds. The first kappa shape index (κ1) is 29.0. The maximum Gasteiger partial charge on any atom is 0.417 e. The minimum atomic E-state index is -0.611. The van der Waals surface area contributed by atoms with Crippen LogP contribution in [0.1, 0.15) is 84.2 Å². The van der Waals surface area contributed by atoms with Crippen molar-refractivity contribution >= 4 is 12.0 Å². The van der Waals surface area contributed by atoms with Crippen molar-refractivity contribution < 1.29 is 34.0 Å². The number of carbonyl (C=O) groups excluding carboxylic acids is 2. The van der Waals surface area contributed by atoms with Gasteiger partial charge in [0.05, 0.1) is 42.5 Å². The van der Waals surface area contributed by atoms with Gasteiger partial charge in [0.25, 0.3) is 0 Å². The molecule has 3 heterocycles. The zero-order valence-electron chi connectivity index (χ0n) is 23.2. The van der Waals surface area contributed by atoms with Gasteiger partial charge < -0.3 is 24.4 Å². The molecule has 3 aliphatic heterocycles. The molecule has 0 saturated carbocycles. The molecule has 38 heavy (non-hydrogen) atoms. The van der Waals surface area contributed by atoms with E-state index < -0.39 is 24.2 Å². The van der Waals surface area contributed by atoms with E-state index in [0.717, 1.165) is 37.7 Å². The molecule has 1 aromatic carbocycles. The molecule has 10 atom stereocenters. The SMILES string of the molecule is CCC[C@H](O)C[C@@H]1CC[C@H]([C@@H](C)[C@H](O)[C@H](C)[C@@H]2CC[C@H]([C@@H](C)C(=O)N3C(=O)OC[C@H]3c3ccccc3)O2)O1. The van der Waals surface area contributed by atoms with Crippen molar-refractivity contribution in [2.24, 2.45) is 17.8 Å². The minimum absolute atomic E-state index is 0.0416. The Morgan fingerprint density at radius 3 is 2.29 bits per heavy atom. The maximum absolute atomic E-state index is 13.4. The van der Waals surface area contributed by atoms with Crippen LogP contribution in [0, 0.1) is 17.8 Å². The topological polar surface area (TPSA) is 106 Å². The van der Waals surface area contributed by atoms with E-state index in [1.165, 1.54) is 4.90 Å². The Bertz CT molecular complexity index is 926. The van der Waals surface area contributed by atoms with Gasteiger partial charge in [-0.3, -0.25) is 4.79 Å². The molecule has 0 unspecified atom stereocenters. The van der Waals surface area contributed by atoms with Gasteiger partial charge in [0, 0.05) is 11.8 Å². The third-order valence-electron chi connectivity index (χ3n) is 8.87. The Hall–Kier alpha value is -2.00. The predicted molar refractivity (Wildman–Crippen MR) is 142 cm³/mol. The van der Waals surface area contributed by atoms with Crippen LogP contribution < -0.4 is 0 Å². The van der Waals surface area contributed by atoms with Crippen molar-refractivity contribution in [3.63, 3.8) is 0 Å². The number of carbonyl (C=O) groups is 2. The van der Waals surface area contributed by atoms with Crippen molar-refractivity contribution in [1.82, 2.24) is 4.90 Å². The summed E-state index contributed by atoms with van der Waals surface area (Å²) in [5.41, 5.74) is 0.867. The number of nitrogens with zero attached hydrogens (tertiary/aromatic N) is 1. The zero-order chi connectivity index (χ0) is 27.4. The van der Waals surface area contributed by atoms with Gasteiger partial charge in [-0.05, 0) is 44.1 Å². The molecule has 0 aromatic heterocycles. The molecule has 0 spiro atoms. The van der Waals surface area contributed by atoms with Crippen molar-refractivity contribution in [3.8, 4) is 0 Å². The highest BCUT2D eigenvalue weighted by molar-refractivity contribution is 5.95. The van der Waals surface area contributed by atoms with E-state index in [1.807, 2.05) is 51.1 Å². The number of imide groups is 1. The third kappa shape index (κ3) is 6.41. The molecular formula is C30H45NO7. The summed E-state index contributed by atoms with van der Waals surface area (Å²) >= 11 is 0. The highest BCUT2D eigenvalue weighted by atomic mass is 16.6. The third-order valence-corrected chi connectivity index (χ3v) is 8.87. The Kier molecular flexibility index (Phi) is 9.84. The molecule has 3 aliphatic rings. The van der Waals surface area contributed by atoms with Crippen LogP contribution in [0.3, 0.4) is 0 Å². The smallest absolute Gasteiger partial charge is 0.417 e. The Balaban J connectivity index is 1.30. The van der Waals surface area contributed by atoms with Crippen molar-refractivity contribution in [3.05, 3.63) is 35.9 Å². The molecule has 0 radical (unpaired) electrons. The first-order chi connectivity index (χ1) is 18.2. The fourth-order valence-corrected chi connectivity index (χ4v) is 6.37. The van der Waals surface area contributed by atoms with E-state index in [1.54, 1.807) is 0 Å². The lowest BCUT2D eigenvalue weighted by Gasteiger charge is -2.33. The van der Waals surface area contributed by atoms with Crippen molar-refractivity contribution in [2.45, 2.75) is 115 Å². The summed E-state index contributed by atoms with van der Waals surface area (Å²) < 4.78 is 17.8. The summed E-state index contributed by atoms with van der Waals surface area (Å²) in [6.07, 6.45) is 3.56. The second kappa shape index (κ2) is 12.9. The standard InChI is InChI=1S/C30H45NO7/c1-5-9-22(32)16-23-12-13-25(37-23)18(2)28(33)19(3)26-14-15-27(38-26)20(4)29(34)31-24(17-36-30(31)35)21-10-7-6-8-11-21/h6-8,10-11,18-20,22-28,32-33H,5,9,12-17H2,1-4H3/t18-,19-,20-,22+,23+,24+,25-,26+,27-,28+/m1/s1. The second-order valence-corrected chi connectivity index (χ2v) is 11.6. The van der Waals surface area contributed by atoms with Crippen LogP contribution in [-0.2, 0) is 19.0 Å². The summed E-state index contributed by atoms with van der Waals surface area (Å²) in [4.78, 5) is 27.1. The number of ether oxygens (including phenoxy) is 3. The molecule has 8 nitrogen and oxygen atoms in total. The number of hydrogen-bond donors (Lipinski definition) is 2. The normalized spacial score (nSPS) is 31.6. The largest absolute Gasteiger partial charge is 0.446 e. The first-order valence-corrected chi connectivity index (χ1v) is 14.4. The van der Waals surface area contributed by atoms with E-state index >= 15 is 0 Å². The van der Waals surface area contributed by atoms with Crippen LogP contribution in [-0.4, -0.2) is 70.3 Å². The molecule has 2 N–H and O–H groups in total. The van der Waals surface area contributed by atoms with Gasteiger partial charge in [0.2, 0.25) is 5.91 Å². The summed E-state index contributed by atoms with van der Waals surface area (Å²) in [5.74, 6) is -0.984. The highest BCUT2D eigenvalue weighted by Crippen LogP contribution is 2.38. The number of hydrogen-bond acceptors (Lipinski definition) is 7. The van der Waals surface area contributed by atoms with E-state index in [9.17, 15) is 19.8 Å². The number of rotatable bonds is 11. The Labute approximate surface area is 226 Å². The number of cyclic esters (lactones) is 1. The average Bonchev–Trinajstić information content (AvgIpc) is 3.67. The number of aliphatic hydroxyl groups excluding tert-OH is 2. The Morgan fingerprint density at radius 1 is 0.974 bits per heavy atom. The van der Waals surface area contributed by atoms with Crippen LogP contribution in [0.4, 0.5) is 4.79 Å². The molecule has 4 rings (SSSR count). The zero-order valence-corrected chi connectivity index (χ0v) is 23.2. The van der Waals surface area contributed by atoms with Crippen LogP contribution in [0.15, 0.2) is 30.3 Å². The molecule has 1 aromatic rings. The Morgan fingerprint density at radius 2 is 1.61 bits per heavy atom. The lowest BCUT2D eigenvalue weighted by Crippen LogP contribution is -2.42. The van der Waals surface area contributed by atoms with Gasteiger partial charge in [-0.1, -0.05) is 64.4 Å². The van der Waals surface area contributed by atoms with E-state index in [0.29, 0.717) is 12.8 Å². The quantitative estimate of drug-likeness (QED) is 0.429. The van der Waals surface area contributed by atoms with E-state index in [4.69, 9.17) is 14.2 Å². The summed E-state index contributed by atoms with van der Waals surface area (Å²) in [5, 5.41) is 21.4. The van der Waals surface area contributed by atoms with Gasteiger partial charge in [-0.15, -0.1) is 0 Å². The molecule has 0 bridgehead atoms. The van der Waals surface area contributed by atoms with E-state index in [-0.39, 0.29) is 54.9 Å². The van der Waals surface area contributed by atoms with Crippen LogP contribution >= 0.6 is 0 Å². The van der Waals surface area contributed by atoms with Gasteiger partial charge in [-0.2, -0.15) is 0 Å². The maximum atomic E-state index is 13.4. The van der Waals surface area contributed by atoms with Gasteiger partial charge in [-0.25, -0.2) is 9.69 Å². The molecule has 212 valence electrons. The lowest BCUT2D eigenvalue weighted by atomic mass is 9.84. The first-order valence-electron chi connectivity index (χ1n) is 14.4. The molecule has 0 aliphatic carbocycles. The van der Waals surface area contributed by atoms with Crippen molar-refractivity contribution in [1.29, 1.82) is 0 Å². The van der Waals surface area contributed by atoms with E-state index in [2.05, 4.69) is 6.92 Å². The van der Waals surface area contributed by atoms with Gasteiger partial charge in [0.1, 0.15) is 12.6 Å². The molecule has 8 heteroatoms. The number of benzene rings is 1. The number of aliphatic hydroxyl groups is 2. The van der Waals surface area contributed by atoms with Crippen LogP contribution in [0.2, 0.25) is 0 Å².